The predicted octanol–water partition coefficient (Wildman–Crippen LogP) is 8.04. The summed E-state index contributed by atoms with van der Waals surface area (Å²) in [5, 5.41) is 31.6. The van der Waals surface area contributed by atoms with Gasteiger partial charge in [0.05, 0.1) is 12.0 Å². The first-order valence-corrected chi connectivity index (χ1v) is 14.6. The number of nitrogens with zero attached hydrogens (tertiary/aromatic N) is 1. The summed E-state index contributed by atoms with van der Waals surface area (Å²) in [5.74, 6) is 6.23. The van der Waals surface area contributed by atoms with Gasteiger partial charge in [0.1, 0.15) is 27.3 Å². The lowest BCUT2D eigenvalue weighted by atomic mass is 9.59. The minimum absolute atomic E-state index is 0.113. The molecule has 0 amide bonds. The zero-order chi connectivity index (χ0) is 32.5. The van der Waals surface area contributed by atoms with Crippen LogP contribution in [0, 0.1) is 76.4 Å². The van der Waals surface area contributed by atoms with Gasteiger partial charge in [-0.15, -0.1) is 0 Å². The Bertz CT molecular complexity index is 1510. The Morgan fingerprint density at radius 3 is 2.02 bits per heavy atom. The van der Waals surface area contributed by atoms with Crippen molar-refractivity contribution in [1.29, 1.82) is 5.26 Å². The maximum Gasteiger partial charge on any atom is 0.323 e. The number of nitriles is 1. The molecular weight excluding hydrogens is 585 g/mol. The van der Waals surface area contributed by atoms with Gasteiger partial charge in [-0.1, -0.05) is 111 Å². The van der Waals surface area contributed by atoms with Crippen molar-refractivity contribution >= 4 is 35.1 Å². The fraction of sp³-hybridized carbons (Fsp3) is 0.400. The van der Waals surface area contributed by atoms with E-state index < -0.39 is 52.4 Å². The van der Waals surface area contributed by atoms with Crippen LogP contribution < -0.4 is 4.74 Å². The number of halogens is 2. The fourth-order valence-electron chi connectivity index (χ4n) is 5.50. The highest BCUT2D eigenvalue weighted by atomic mass is 35.5. The van der Waals surface area contributed by atoms with E-state index in [9.17, 15) is 25.1 Å². The van der Waals surface area contributed by atoms with Crippen LogP contribution in [0.1, 0.15) is 64.2 Å². The quantitative estimate of drug-likeness (QED) is 0.205. The molecule has 0 aromatic heterocycles. The predicted molar refractivity (Wildman–Crippen MR) is 169 cm³/mol. The highest BCUT2D eigenvalue weighted by Crippen LogP contribution is 2.49. The zero-order valence-electron chi connectivity index (χ0n) is 25.4. The Kier molecular flexibility index (Phi) is 12.3. The molecule has 2 rings (SSSR count). The summed E-state index contributed by atoms with van der Waals surface area (Å²) in [6.45, 7) is 12.3. The Labute approximate surface area is 264 Å². The third kappa shape index (κ3) is 7.74. The molecule has 0 bridgehead atoms. The Morgan fingerprint density at radius 2 is 1.53 bits per heavy atom. The van der Waals surface area contributed by atoms with Crippen molar-refractivity contribution in [3.05, 3.63) is 76.0 Å². The lowest BCUT2D eigenvalue weighted by Crippen LogP contribution is -2.47. The monoisotopic (exact) mass is 621 g/mol. The maximum absolute atomic E-state index is 13.2. The van der Waals surface area contributed by atoms with Crippen LogP contribution in [0.4, 0.5) is 0 Å². The second kappa shape index (κ2) is 15.0. The Balaban J connectivity index is 2.71. The van der Waals surface area contributed by atoms with Gasteiger partial charge in [-0.25, -0.2) is 0 Å². The number of carboxylic acid groups (broad SMARTS) is 2. The molecule has 226 valence electrons. The van der Waals surface area contributed by atoms with Gasteiger partial charge < -0.3 is 14.9 Å². The summed E-state index contributed by atoms with van der Waals surface area (Å²) in [7, 11) is 0. The van der Waals surface area contributed by atoms with Crippen molar-refractivity contribution in [2.24, 2.45) is 34.5 Å². The average molecular weight is 623 g/mol. The van der Waals surface area contributed by atoms with Gasteiger partial charge in [-0.3, -0.25) is 9.59 Å². The number of aryl methyl sites for hydroxylation is 1. The molecule has 43 heavy (non-hydrogen) atoms. The Morgan fingerprint density at radius 1 is 0.907 bits per heavy atom. The summed E-state index contributed by atoms with van der Waals surface area (Å²) in [6.07, 6.45) is 1.12. The van der Waals surface area contributed by atoms with Crippen LogP contribution in [0.5, 0.6) is 5.75 Å². The van der Waals surface area contributed by atoms with Gasteiger partial charge in [0.2, 0.25) is 0 Å². The maximum atomic E-state index is 13.2. The van der Waals surface area contributed by atoms with Gasteiger partial charge in [0.25, 0.3) is 0 Å². The second-order valence-corrected chi connectivity index (χ2v) is 12.2. The molecule has 0 aliphatic heterocycles. The standard InChI is InChI=1S/C35H37Cl2NO5/c1-22(2)34(32(39)40,25(6)13-16-27-14-11-24(5)12-15-27)18-17-26(7)35(23(3)4,33(41)42)30(20-38)28-9-8-10-29(19-28)43-21-31(36)37/h8-12,14-15,19,21-23,25-26,30H,1-7H3,(H,39,40)(H,41,42). The molecule has 5 unspecified atom stereocenters. The molecule has 2 aromatic carbocycles. The topological polar surface area (TPSA) is 108 Å². The molecule has 2 N–H and O–H groups in total. The molecule has 0 aliphatic carbocycles. The number of ether oxygens (including phenoxy) is 1. The molecule has 0 radical (unpaired) electrons. The smallest absolute Gasteiger partial charge is 0.323 e. The zero-order valence-corrected chi connectivity index (χ0v) is 26.9. The van der Waals surface area contributed by atoms with Crippen LogP contribution in [0.25, 0.3) is 0 Å². The van der Waals surface area contributed by atoms with Crippen molar-refractivity contribution in [2.75, 3.05) is 0 Å². The molecule has 0 heterocycles. The summed E-state index contributed by atoms with van der Waals surface area (Å²) in [6, 6.07) is 16.2. The summed E-state index contributed by atoms with van der Waals surface area (Å²) in [5.41, 5.74) is -1.08. The molecule has 2 aromatic rings. The van der Waals surface area contributed by atoms with Crippen molar-refractivity contribution in [2.45, 2.75) is 54.4 Å². The van der Waals surface area contributed by atoms with E-state index in [0.29, 0.717) is 11.3 Å². The van der Waals surface area contributed by atoms with Crippen LogP contribution in [-0.2, 0) is 9.59 Å². The Hall–Kier alpha value is -3.89. The number of hydrogen-bond acceptors (Lipinski definition) is 4. The number of carbonyl (C=O) groups is 2. The second-order valence-electron chi connectivity index (χ2n) is 11.2. The molecule has 0 spiro atoms. The summed E-state index contributed by atoms with van der Waals surface area (Å²) in [4.78, 5) is 26.0. The normalized spacial score (nSPS) is 15.6. The minimum atomic E-state index is -1.71. The minimum Gasteiger partial charge on any atom is -0.481 e. The molecule has 0 fully saturated rings. The van der Waals surface area contributed by atoms with E-state index in [4.69, 9.17) is 27.9 Å². The van der Waals surface area contributed by atoms with E-state index in [2.05, 4.69) is 29.8 Å². The van der Waals surface area contributed by atoms with Gasteiger partial charge in [0.15, 0.2) is 0 Å². The number of carboxylic acids is 2. The molecular formula is C35H37Cl2NO5. The third-order valence-electron chi connectivity index (χ3n) is 8.05. The van der Waals surface area contributed by atoms with Gasteiger partial charge in [-0.05, 0) is 55.5 Å². The summed E-state index contributed by atoms with van der Waals surface area (Å²) >= 11 is 11.3. The average Bonchev–Trinajstić information content (AvgIpc) is 2.93. The van der Waals surface area contributed by atoms with Crippen molar-refractivity contribution in [3.8, 4) is 35.5 Å². The third-order valence-corrected chi connectivity index (χ3v) is 8.23. The lowest BCUT2D eigenvalue weighted by molar-refractivity contribution is -0.155. The highest BCUT2D eigenvalue weighted by Gasteiger charge is 2.54. The molecule has 6 nitrogen and oxygen atoms in total. The van der Waals surface area contributed by atoms with E-state index in [0.717, 1.165) is 17.4 Å². The lowest BCUT2D eigenvalue weighted by Gasteiger charge is -2.40. The van der Waals surface area contributed by atoms with E-state index in [-0.39, 0.29) is 4.49 Å². The highest BCUT2D eigenvalue weighted by molar-refractivity contribution is 6.55. The van der Waals surface area contributed by atoms with Crippen LogP contribution in [0.3, 0.4) is 0 Å². The van der Waals surface area contributed by atoms with E-state index >= 15 is 0 Å². The molecule has 0 aliphatic rings. The summed E-state index contributed by atoms with van der Waals surface area (Å²) < 4.78 is 5.33. The van der Waals surface area contributed by atoms with Crippen molar-refractivity contribution in [1.82, 2.24) is 0 Å². The van der Waals surface area contributed by atoms with E-state index in [1.165, 1.54) is 0 Å². The van der Waals surface area contributed by atoms with Gasteiger partial charge in [-0.2, -0.15) is 5.26 Å². The molecule has 5 atom stereocenters. The number of hydrogen-bond donors (Lipinski definition) is 2. The van der Waals surface area contributed by atoms with Crippen LogP contribution in [-0.4, -0.2) is 22.2 Å². The van der Waals surface area contributed by atoms with Gasteiger partial charge in [0, 0.05) is 17.4 Å². The number of aliphatic carboxylic acids is 2. The number of rotatable bonds is 10. The van der Waals surface area contributed by atoms with Gasteiger partial charge >= 0.3 is 11.9 Å². The largest absolute Gasteiger partial charge is 0.481 e. The van der Waals surface area contributed by atoms with Crippen LogP contribution in [0.15, 0.2) is 59.3 Å². The first-order valence-electron chi connectivity index (χ1n) is 13.9. The van der Waals surface area contributed by atoms with Crippen molar-refractivity contribution in [3.63, 3.8) is 0 Å². The van der Waals surface area contributed by atoms with Crippen LogP contribution >= 0.6 is 23.2 Å². The van der Waals surface area contributed by atoms with Crippen molar-refractivity contribution < 1.29 is 24.5 Å². The SMILES string of the molecule is Cc1ccc(C#CC(C)C(C#CC(C)C(C(=O)O)(C(C)C)C(C#N)c2cccc(OC=C(Cl)Cl)c2)(C(=O)O)C(C)C)cc1. The molecule has 8 heteroatoms. The number of benzene rings is 2. The fourth-order valence-corrected chi connectivity index (χ4v) is 5.59. The van der Waals surface area contributed by atoms with E-state index in [1.54, 1.807) is 65.8 Å². The molecule has 0 saturated heterocycles. The first-order chi connectivity index (χ1) is 20.1. The molecule has 0 saturated carbocycles. The van der Waals surface area contributed by atoms with E-state index in [1.807, 2.05) is 31.2 Å². The van der Waals surface area contributed by atoms with Crippen LogP contribution in [0.2, 0.25) is 0 Å². The first kappa shape index (κ1) is 35.3.